The van der Waals surface area contributed by atoms with Crippen LogP contribution < -0.4 is 10.6 Å². The molecule has 0 saturated carbocycles. The largest absolute Gasteiger partial charge is 0.447 e. The molecule has 0 unspecified atom stereocenters. The first-order valence-corrected chi connectivity index (χ1v) is 5.98. The van der Waals surface area contributed by atoms with Gasteiger partial charge in [0.1, 0.15) is 6.61 Å². The number of hydrogen-bond donors (Lipinski definition) is 3. The van der Waals surface area contributed by atoms with Crippen molar-refractivity contribution in [2.75, 3.05) is 18.5 Å². The number of nitrogens with one attached hydrogen (secondary N) is 2. The van der Waals surface area contributed by atoms with E-state index in [1.54, 1.807) is 24.3 Å². The van der Waals surface area contributed by atoms with Gasteiger partial charge in [0.05, 0.1) is 6.61 Å². The highest BCUT2D eigenvalue weighted by Crippen LogP contribution is 2.10. The quantitative estimate of drug-likeness (QED) is 0.751. The zero-order chi connectivity index (χ0) is 14.3. The Bertz CT molecular complexity index is 429. The van der Waals surface area contributed by atoms with Gasteiger partial charge in [-0.15, -0.1) is 0 Å². The fourth-order valence-corrected chi connectivity index (χ4v) is 1.34. The Morgan fingerprint density at radius 2 is 1.89 bits per heavy atom. The molecule has 19 heavy (non-hydrogen) atoms. The van der Waals surface area contributed by atoms with E-state index in [-0.39, 0.29) is 25.2 Å². The third-order valence-corrected chi connectivity index (χ3v) is 2.14. The first-order chi connectivity index (χ1) is 9.02. The van der Waals surface area contributed by atoms with E-state index in [0.717, 1.165) is 0 Å². The van der Waals surface area contributed by atoms with Crippen LogP contribution in [-0.2, 0) is 4.74 Å². The Morgan fingerprint density at radius 3 is 2.42 bits per heavy atom. The number of carbonyl (C=O) groups is 2. The van der Waals surface area contributed by atoms with Gasteiger partial charge in [0.25, 0.3) is 5.91 Å². The summed E-state index contributed by atoms with van der Waals surface area (Å²) in [4.78, 5) is 22.9. The summed E-state index contributed by atoms with van der Waals surface area (Å²) >= 11 is 0. The number of amides is 2. The maximum atomic E-state index is 11.7. The second-order valence-electron chi connectivity index (χ2n) is 4.19. The van der Waals surface area contributed by atoms with Crippen molar-refractivity contribution in [1.29, 1.82) is 0 Å². The van der Waals surface area contributed by atoms with Crippen LogP contribution in [-0.4, -0.2) is 36.4 Å². The molecule has 0 spiro atoms. The molecular formula is C13H18N2O4. The summed E-state index contributed by atoms with van der Waals surface area (Å²) in [6.07, 6.45) is -0.645. The predicted octanol–water partition coefficient (Wildman–Crippen LogP) is 1.37. The monoisotopic (exact) mass is 266 g/mol. The molecule has 0 heterocycles. The van der Waals surface area contributed by atoms with Crippen molar-refractivity contribution >= 4 is 17.7 Å². The molecule has 0 aromatic heterocycles. The Morgan fingerprint density at radius 1 is 1.26 bits per heavy atom. The molecule has 104 valence electrons. The molecule has 6 heteroatoms. The summed E-state index contributed by atoms with van der Waals surface area (Å²) in [5.41, 5.74) is 1.03. The van der Waals surface area contributed by atoms with Crippen LogP contribution in [0.1, 0.15) is 24.2 Å². The lowest BCUT2D eigenvalue weighted by Gasteiger charge is -2.09. The zero-order valence-electron chi connectivity index (χ0n) is 11.0. The van der Waals surface area contributed by atoms with E-state index >= 15 is 0 Å². The summed E-state index contributed by atoms with van der Waals surface area (Å²) in [7, 11) is 0. The average molecular weight is 266 g/mol. The molecule has 0 aliphatic heterocycles. The fourth-order valence-electron chi connectivity index (χ4n) is 1.34. The molecule has 1 aromatic rings. The normalized spacial score (nSPS) is 10.1. The number of rotatable bonds is 5. The second-order valence-corrected chi connectivity index (χ2v) is 4.19. The maximum absolute atomic E-state index is 11.7. The van der Waals surface area contributed by atoms with Crippen molar-refractivity contribution < 1.29 is 19.4 Å². The number of anilines is 1. The SMILES string of the molecule is CC(C)NC(=O)c1ccc(NC(=O)OCCO)cc1. The predicted molar refractivity (Wildman–Crippen MR) is 71.1 cm³/mol. The molecule has 6 nitrogen and oxygen atoms in total. The lowest BCUT2D eigenvalue weighted by molar-refractivity contribution is 0.0943. The Balaban J connectivity index is 2.56. The van der Waals surface area contributed by atoms with Crippen LogP contribution >= 0.6 is 0 Å². The molecule has 2 amide bonds. The van der Waals surface area contributed by atoms with E-state index in [9.17, 15) is 9.59 Å². The topological polar surface area (TPSA) is 87.7 Å². The molecule has 0 radical (unpaired) electrons. The lowest BCUT2D eigenvalue weighted by atomic mass is 10.2. The number of aliphatic hydroxyl groups excluding tert-OH is 1. The molecule has 0 saturated heterocycles. The first kappa shape index (κ1) is 15.0. The van der Waals surface area contributed by atoms with Crippen LogP contribution in [0.15, 0.2) is 24.3 Å². The Kier molecular flexibility index (Phi) is 5.81. The summed E-state index contributed by atoms with van der Waals surface area (Å²) in [5.74, 6) is -0.163. The van der Waals surface area contributed by atoms with Crippen molar-refractivity contribution in [2.24, 2.45) is 0 Å². The number of aliphatic hydroxyl groups is 1. The fraction of sp³-hybridized carbons (Fsp3) is 0.385. The van der Waals surface area contributed by atoms with Gasteiger partial charge in [-0.25, -0.2) is 4.79 Å². The molecule has 0 bridgehead atoms. The van der Waals surface area contributed by atoms with E-state index in [4.69, 9.17) is 5.11 Å². The van der Waals surface area contributed by atoms with Gasteiger partial charge in [0.2, 0.25) is 0 Å². The van der Waals surface area contributed by atoms with Gasteiger partial charge < -0.3 is 15.2 Å². The standard InChI is InChI=1S/C13H18N2O4/c1-9(2)14-12(17)10-3-5-11(6-4-10)15-13(18)19-8-7-16/h3-6,9,16H,7-8H2,1-2H3,(H,14,17)(H,15,18). The van der Waals surface area contributed by atoms with Crippen LogP contribution in [0.5, 0.6) is 0 Å². The van der Waals surface area contributed by atoms with Crippen molar-refractivity contribution in [3.05, 3.63) is 29.8 Å². The molecular weight excluding hydrogens is 248 g/mol. The Labute approximate surface area is 111 Å². The third kappa shape index (κ3) is 5.39. The molecule has 1 aromatic carbocycles. The smallest absolute Gasteiger partial charge is 0.411 e. The highest BCUT2D eigenvalue weighted by molar-refractivity contribution is 5.95. The summed E-state index contributed by atoms with van der Waals surface area (Å²) < 4.78 is 4.65. The highest BCUT2D eigenvalue weighted by Gasteiger charge is 2.07. The average Bonchev–Trinajstić information content (AvgIpc) is 2.36. The molecule has 0 aliphatic rings. The molecule has 3 N–H and O–H groups in total. The number of ether oxygens (including phenoxy) is 1. The highest BCUT2D eigenvalue weighted by atomic mass is 16.6. The Hall–Kier alpha value is -2.08. The van der Waals surface area contributed by atoms with Gasteiger partial charge in [-0.1, -0.05) is 0 Å². The van der Waals surface area contributed by atoms with Gasteiger partial charge in [0, 0.05) is 17.3 Å². The maximum Gasteiger partial charge on any atom is 0.411 e. The van der Waals surface area contributed by atoms with Crippen LogP contribution in [0.4, 0.5) is 10.5 Å². The van der Waals surface area contributed by atoms with Gasteiger partial charge in [0.15, 0.2) is 0 Å². The third-order valence-electron chi connectivity index (χ3n) is 2.14. The van der Waals surface area contributed by atoms with Crippen molar-refractivity contribution in [1.82, 2.24) is 5.32 Å². The summed E-state index contributed by atoms with van der Waals surface area (Å²) in [6, 6.07) is 6.50. The van der Waals surface area contributed by atoms with Crippen LogP contribution in [0, 0.1) is 0 Å². The minimum absolute atomic E-state index is 0.0548. The van der Waals surface area contributed by atoms with Gasteiger partial charge in [-0.2, -0.15) is 0 Å². The van der Waals surface area contributed by atoms with Crippen LogP contribution in [0.2, 0.25) is 0 Å². The summed E-state index contributed by atoms with van der Waals surface area (Å²) in [6.45, 7) is 3.48. The van der Waals surface area contributed by atoms with Crippen molar-refractivity contribution in [3.8, 4) is 0 Å². The van der Waals surface area contributed by atoms with Crippen LogP contribution in [0.25, 0.3) is 0 Å². The number of hydrogen-bond acceptors (Lipinski definition) is 4. The van der Waals surface area contributed by atoms with Crippen LogP contribution in [0.3, 0.4) is 0 Å². The van der Waals surface area contributed by atoms with E-state index in [1.807, 2.05) is 13.8 Å². The van der Waals surface area contributed by atoms with Crippen molar-refractivity contribution in [3.63, 3.8) is 0 Å². The molecule has 1 rings (SSSR count). The zero-order valence-corrected chi connectivity index (χ0v) is 11.0. The molecule has 0 atom stereocenters. The number of benzene rings is 1. The molecule has 0 fully saturated rings. The van der Waals surface area contributed by atoms with E-state index in [0.29, 0.717) is 11.3 Å². The van der Waals surface area contributed by atoms with E-state index in [1.165, 1.54) is 0 Å². The van der Waals surface area contributed by atoms with E-state index in [2.05, 4.69) is 15.4 Å². The van der Waals surface area contributed by atoms with E-state index < -0.39 is 6.09 Å². The molecule has 0 aliphatic carbocycles. The van der Waals surface area contributed by atoms with Gasteiger partial charge in [-0.05, 0) is 38.1 Å². The minimum Gasteiger partial charge on any atom is -0.447 e. The second kappa shape index (κ2) is 7.38. The van der Waals surface area contributed by atoms with Gasteiger partial charge in [-0.3, -0.25) is 10.1 Å². The minimum atomic E-state index is -0.645. The summed E-state index contributed by atoms with van der Waals surface area (Å²) in [5, 5.41) is 13.7. The lowest BCUT2D eigenvalue weighted by Crippen LogP contribution is -2.30. The number of carbonyl (C=O) groups excluding carboxylic acids is 2. The van der Waals surface area contributed by atoms with Gasteiger partial charge >= 0.3 is 6.09 Å². The first-order valence-electron chi connectivity index (χ1n) is 5.98. The van der Waals surface area contributed by atoms with Crippen molar-refractivity contribution in [2.45, 2.75) is 19.9 Å².